The fraction of sp³-hybridized carbons (Fsp3) is 0.850. The van der Waals surface area contributed by atoms with E-state index < -0.39 is 6.10 Å². The van der Waals surface area contributed by atoms with Gasteiger partial charge in [0.2, 0.25) is 0 Å². The summed E-state index contributed by atoms with van der Waals surface area (Å²) in [7, 11) is 0. The summed E-state index contributed by atoms with van der Waals surface area (Å²) in [5.41, 5.74) is 0. The van der Waals surface area contributed by atoms with Crippen molar-refractivity contribution in [2.45, 2.75) is 316 Å². The van der Waals surface area contributed by atoms with E-state index in [0.29, 0.717) is 19.3 Å². The van der Waals surface area contributed by atoms with Gasteiger partial charge in [-0.2, -0.15) is 0 Å². The fourth-order valence-corrected chi connectivity index (χ4v) is 8.43. The summed E-state index contributed by atoms with van der Waals surface area (Å²) >= 11 is 0. The molecular weight excluding hydrogens is 817 g/mol. The van der Waals surface area contributed by atoms with Gasteiger partial charge in [-0.05, 0) is 96.3 Å². The molecule has 0 spiro atoms. The monoisotopic (exact) mass is 927 g/mol. The van der Waals surface area contributed by atoms with E-state index >= 15 is 0 Å². The molecule has 66 heavy (non-hydrogen) atoms. The molecule has 0 fully saturated rings. The summed E-state index contributed by atoms with van der Waals surface area (Å²) in [6.07, 6.45) is 65.6. The Morgan fingerprint density at radius 3 is 0.788 bits per heavy atom. The average molecular weight is 928 g/mol. The molecule has 0 aliphatic rings. The first-order valence-electron chi connectivity index (χ1n) is 29.0. The Hall–Kier alpha value is -2.37. The van der Waals surface area contributed by atoms with Crippen LogP contribution in [-0.4, -0.2) is 37.2 Å². The molecule has 0 N–H and O–H groups in total. The number of allylic oxidation sites excluding steroid dienone is 6. The number of carbonyl (C=O) groups excluding carboxylic acids is 3. The van der Waals surface area contributed by atoms with Gasteiger partial charge < -0.3 is 14.2 Å². The first kappa shape index (κ1) is 63.6. The summed E-state index contributed by atoms with van der Waals surface area (Å²) < 4.78 is 16.8. The van der Waals surface area contributed by atoms with Gasteiger partial charge in [0, 0.05) is 19.3 Å². The van der Waals surface area contributed by atoms with E-state index in [1.54, 1.807) is 0 Å². The van der Waals surface area contributed by atoms with Crippen LogP contribution in [0.1, 0.15) is 310 Å². The lowest BCUT2D eigenvalue weighted by Crippen LogP contribution is -2.30. The van der Waals surface area contributed by atoms with E-state index in [0.717, 1.165) is 77.0 Å². The van der Waals surface area contributed by atoms with Gasteiger partial charge in [0.1, 0.15) is 13.2 Å². The minimum atomic E-state index is -0.781. The molecule has 0 aromatic heterocycles. The molecule has 0 radical (unpaired) electrons. The minimum Gasteiger partial charge on any atom is -0.462 e. The number of hydrogen-bond donors (Lipinski definition) is 0. The molecule has 0 heterocycles. The SMILES string of the molecule is CCCCC/C=C\CCCCCCCC(=O)OCC(COC(=O)CCCCCCC/C=C\CCCCCCCCCCC)OC(=O)CCCCCCC/C=C\CCCCCCCCCCC. The van der Waals surface area contributed by atoms with E-state index in [1.165, 1.54) is 193 Å². The van der Waals surface area contributed by atoms with Crippen molar-refractivity contribution in [2.75, 3.05) is 13.2 Å². The lowest BCUT2D eigenvalue weighted by Gasteiger charge is -2.18. The van der Waals surface area contributed by atoms with Crippen LogP contribution in [0.25, 0.3) is 0 Å². The molecule has 6 nitrogen and oxygen atoms in total. The summed E-state index contributed by atoms with van der Waals surface area (Å²) in [6, 6.07) is 0. The number of rotatable bonds is 53. The van der Waals surface area contributed by atoms with E-state index in [1.807, 2.05) is 0 Å². The number of esters is 3. The largest absolute Gasteiger partial charge is 0.462 e. The van der Waals surface area contributed by atoms with Gasteiger partial charge in [-0.25, -0.2) is 0 Å². The zero-order valence-electron chi connectivity index (χ0n) is 44.2. The standard InChI is InChI=1S/C60H110O6/c1-4-7-10-13-16-19-22-25-27-29-31-33-35-38-41-44-47-50-53-59(62)65-56-57(55-64-58(61)52-49-46-43-40-37-24-21-18-15-12-9-6-3)66-60(63)54-51-48-45-42-39-36-34-32-30-28-26-23-20-17-14-11-8-5-2/h18,21,31-34,57H,4-17,19-20,22-30,35-56H2,1-3H3/b21-18-,33-31-,34-32-. The lowest BCUT2D eigenvalue weighted by atomic mass is 10.1. The second-order valence-electron chi connectivity index (χ2n) is 19.5. The highest BCUT2D eigenvalue weighted by Gasteiger charge is 2.19. The van der Waals surface area contributed by atoms with Gasteiger partial charge in [0.05, 0.1) is 0 Å². The normalized spacial score (nSPS) is 12.2. The van der Waals surface area contributed by atoms with Crippen LogP contribution in [0.2, 0.25) is 0 Å². The second-order valence-corrected chi connectivity index (χ2v) is 19.5. The number of unbranched alkanes of at least 4 members (excludes halogenated alkanes) is 36. The molecule has 0 saturated carbocycles. The molecule has 0 bridgehead atoms. The van der Waals surface area contributed by atoms with E-state index in [-0.39, 0.29) is 31.1 Å². The Morgan fingerprint density at radius 1 is 0.288 bits per heavy atom. The maximum Gasteiger partial charge on any atom is 0.306 e. The molecule has 0 aliphatic carbocycles. The number of hydrogen-bond acceptors (Lipinski definition) is 6. The van der Waals surface area contributed by atoms with E-state index in [9.17, 15) is 14.4 Å². The first-order chi connectivity index (χ1) is 32.5. The van der Waals surface area contributed by atoms with Crippen molar-refractivity contribution >= 4 is 17.9 Å². The Kier molecular flexibility index (Phi) is 53.2. The van der Waals surface area contributed by atoms with Gasteiger partial charge in [-0.15, -0.1) is 0 Å². The van der Waals surface area contributed by atoms with Crippen molar-refractivity contribution in [1.29, 1.82) is 0 Å². The zero-order chi connectivity index (χ0) is 47.9. The Morgan fingerprint density at radius 2 is 0.500 bits per heavy atom. The summed E-state index contributed by atoms with van der Waals surface area (Å²) in [5, 5.41) is 0. The molecule has 0 aromatic carbocycles. The Labute approximate surface area is 410 Å². The van der Waals surface area contributed by atoms with Crippen molar-refractivity contribution in [3.8, 4) is 0 Å². The topological polar surface area (TPSA) is 78.9 Å². The van der Waals surface area contributed by atoms with Gasteiger partial charge >= 0.3 is 17.9 Å². The average Bonchev–Trinajstić information content (AvgIpc) is 3.31. The van der Waals surface area contributed by atoms with Crippen molar-refractivity contribution in [1.82, 2.24) is 0 Å². The van der Waals surface area contributed by atoms with Crippen LogP contribution in [0.5, 0.6) is 0 Å². The second kappa shape index (κ2) is 55.2. The highest BCUT2D eigenvalue weighted by Crippen LogP contribution is 2.15. The van der Waals surface area contributed by atoms with Crippen molar-refractivity contribution < 1.29 is 28.6 Å². The van der Waals surface area contributed by atoms with Crippen molar-refractivity contribution in [3.63, 3.8) is 0 Å². The third-order valence-corrected chi connectivity index (χ3v) is 12.8. The number of ether oxygens (including phenoxy) is 3. The van der Waals surface area contributed by atoms with Gasteiger partial charge in [-0.3, -0.25) is 14.4 Å². The molecule has 0 saturated heterocycles. The maximum atomic E-state index is 12.8. The summed E-state index contributed by atoms with van der Waals surface area (Å²) in [4.78, 5) is 38.1. The lowest BCUT2D eigenvalue weighted by molar-refractivity contribution is -0.167. The Balaban J connectivity index is 4.35. The third kappa shape index (κ3) is 52.6. The molecule has 0 rings (SSSR count). The molecule has 0 aliphatic heterocycles. The van der Waals surface area contributed by atoms with E-state index in [4.69, 9.17) is 14.2 Å². The predicted molar refractivity (Wildman–Crippen MR) is 284 cm³/mol. The fourth-order valence-electron chi connectivity index (χ4n) is 8.43. The molecule has 1 unspecified atom stereocenters. The predicted octanol–water partition coefficient (Wildman–Crippen LogP) is 19.3. The van der Waals surface area contributed by atoms with Crippen LogP contribution in [0, 0.1) is 0 Å². The van der Waals surface area contributed by atoms with Crippen LogP contribution in [0.4, 0.5) is 0 Å². The first-order valence-corrected chi connectivity index (χ1v) is 29.0. The van der Waals surface area contributed by atoms with Crippen LogP contribution < -0.4 is 0 Å². The molecule has 0 amide bonds. The van der Waals surface area contributed by atoms with Gasteiger partial charge in [0.15, 0.2) is 6.10 Å². The van der Waals surface area contributed by atoms with Crippen LogP contribution >= 0.6 is 0 Å². The van der Waals surface area contributed by atoms with Crippen LogP contribution in [0.15, 0.2) is 36.5 Å². The summed E-state index contributed by atoms with van der Waals surface area (Å²) in [6.45, 7) is 6.63. The highest BCUT2D eigenvalue weighted by molar-refractivity contribution is 5.71. The van der Waals surface area contributed by atoms with Crippen molar-refractivity contribution in [2.24, 2.45) is 0 Å². The Bertz CT molecular complexity index is 1110. The molecule has 1 atom stereocenters. The molecule has 6 heteroatoms. The third-order valence-electron chi connectivity index (χ3n) is 12.8. The van der Waals surface area contributed by atoms with Crippen LogP contribution in [-0.2, 0) is 28.6 Å². The van der Waals surface area contributed by atoms with E-state index in [2.05, 4.69) is 57.2 Å². The number of carbonyl (C=O) groups is 3. The molecule has 386 valence electrons. The molecule has 0 aromatic rings. The van der Waals surface area contributed by atoms with Gasteiger partial charge in [-0.1, -0.05) is 231 Å². The smallest absolute Gasteiger partial charge is 0.306 e. The summed E-state index contributed by atoms with van der Waals surface area (Å²) in [5.74, 6) is -0.891. The minimum absolute atomic E-state index is 0.0804. The maximum absolute atomic E-state index is 12.8. The van der Waals surface area contributed by atoms with Crippen molar-refractivity contribution in [3.05, 3.63) is 36.5 Å². The molecular formula is C60H110O6. The quantitative estimate of drug-likeness (QED) is 0.0262. The zero-order valence-corrected chi connectivity index (χ0v) is 44.2. The van der Waals surface area contributed by atoms with Gasteiger partial charge in [0.25, 0.3) is 0 Å². The highest BCUT2D eigenvalue weighted by atomic mass is 16.6. The van der Waals surface area contributed by atoms with Crippen LogP contribution in [0.3, 0.4) is 0 Å².